The van der Waals surface area contributed by atoms with Crippen molar-refractivity contribution in [3.8, 4) is 11.1 Å². The second kappa shape index (κ2) is 8.79. The van der Waals surface area contributed by atoms with Crippen molar-refractivity contribution in [2.45, 2.75) is 59.0 Å². The number of aromatic nitrogens is 3. The molecule has 33 heavy (non-hydrogen) atoms. The van der Waals surface area contributed by atoms with E-state index >= 15 is 0 Å². The van der Waals surface area contributed by atoms with Crippen LogP contribution in [0.3, 0.4) is 0 Å². The Balaban J connectivity index is 1.56. The summed E-state index contributed by atoms with van der Waals surface area (Å²) in [4.78, 5) is 24.6. The van der Waals surface area contributed by atoms with E-state index < -0.39 is 0 Å². The van der Waals surface area contributed by atoms with Gasteiger partial charge in [0.25, 0.3) is 5.56 Å². The van der Waals surface area contributed by atoms with Crippen LogP contribution in [0.1, 0.15) is 52.3 Å². The van der Waals surface area contributed by atoms with Gasteiger partial charge in [0.2, 0.25) is 0 Å². The lowest BCUT2D eigenvalue weighted by molar-refractivity contribution is 0.129. The van der Waals surface area contributed by atoms with Gasteiger partial charge in [-0.3, -0.25) is 9.36 Å². The molecule has 5 heteroatoms. The molecule has 1 aliphatic heterocycles. The summed E-state index contributed by atoms with van der Waals surface area (Å²) in [5.41, 5.74) is 4.17. The Bertz CT molecular complexity index is 1350. The summed E-state index contributed by atoms with van der Waals surface area (Å²) in [6, 6.07) is 15.1. The molecular formula is C28H34N4O. The number of hydrogen-bond donors (Lipinski definition) is 1. The smallest absolute Gasteiger partial charge is 0.261 e. The van der Waals surface area contributed by atoms with Gasteiger partial charge in [0.15, 0.2) is 0 Å². The van der Waals surface area contributed by atoms with Crippen LogP contribution in [0.25, 0.3) is 32.9 Å². The third-order valence-corrected chi connectivity index (χ3v) is 7.11. The van der Waals surface area contributed by atoms with Crippen LogP contribution in [0, 0.1) is 5.92 Å². The van der Waals surface area contributed by atoms with Crippen molar-refractivity contribution in [2.75, 3.05) is 13.1 Å². The van der Waals surface area contributed by atoms with Crippen molar-refractivity contribution < 1.29 is 0 Å². The summed E-state index contributed by atoms with van der Waals surface area (Å²) in [6.45, 7) is 11.7. The van der Waals surface area contributed by atoms with Crippen LogP contribution in [-0.2, 0) is 6.54 Å². The highest BCUT2D eigenvalue weighted by Crippen LogP contribution is 2.27. The number of H-pyrrole nitrogens is 1. The number of rotatable bonds is 5. The Labute approximate surface area is 195 Å². The normalized spacial score (nSPS) is 17.6. The second-order valence-corrected chi connectivity index (χ2v) is 10.1. The average Bonchev–Trinajstić information content (AvgIpc) is 3.28. The maximum absolute atomic E-state index is 13.8. The number of aromatic amines is 1. The molecule has 0 amide bonds. The van der Waals surface area contributed by atoms with Gasteiger partial charge in [-0.05, 0) is 86.0 Å². The minimum Gasteiger partial charge on any atom is -0.361 e. The molecule has 3 heterocycles. The van der Waals surface area contributed by atoms with E-state index in [9.17, 15) is 4.79 Å². The second-order valence-electron chi connectivity index (χ2n) is 10.1. The molecular weight excluding hydrogens is 408 g/mol. The zero-order chi connectivity index (χ0) is 23.1. The van der Waals surface area contributed by atoms with E-state index in [0.717, 1.165) is 47.6 Å². The molecule has 1 aliphatic rings. The molecule has 2 aromatic carbocycles. The Kier molecular flexibility index (Phi) is 5.83. The monoisotopic (exact) mass is 442 g/mol. The highest BCUT2D eigenvalue weighted by atomic mass is 16.1. The zero-order valence-corrected chi connectivity index (χ0v) is 20.1. The molecule has 2 aromatic heterocycles. The van der Waals surface area contributed by atoms with E-state index in [1.54, 1.807) is 0 Å². The topological polar surface area (TPSA) is 53.9 Å². The molecule has 0 bridgehead atoms. The van der Waals surface area contributed by atoms with Gasteiger partial charge in [-0.1, -0.05) is 26.0 Å². The lowest BCUT2D eigenvalue weighted by Gasteiger charge is -2.36. The van der Waals surface area contributed by atoms with Gasteiger partial charge in [0.1, 0.15) is 5.82 Å². The number of fused-ring (bicyclic) bond motifs is 2. The Morgan fingerprint density at radius 1 is 1.06 bits per heavy atom. The van der Waals surface area contributed by atoms with E-state index in [1.165, 1.54) is 18.2 Å². The summed E-state index contributed by atoms with van der Waals surface area (Å²) in [6.07, 6.45) is 4.32. The highest BCUT2D eigenvalue weighted by Gasteiger charge is 2.24. The third kappa shape index (κ3) is 4.22. The van der Waals surface area contributed by atoms with E-state index in [0.29, 0.717) is 17.3 Å². The average molecular weight is 443 g/mol. The third-order valence-electron chi connectivity index (χ3n) is 7.11. The number of nitrogens with zero attached hydrogens (tertiary/aromatic N) is 3. The maximum atomic E-state index is 13.8. The summed E-state index contributed by atoms with van der Waals surface area (Å²) >= 11 is 0. The molecule has 0 aliphatic carbocycles. The lowest BCUT2D eigenvalue weighted by atomic mass is 9.96. The van der Waals surface area contributed by atoms with E-state index in [1.807, 2.05) is 22.9 Å². The SMILES string of the molecule is CC(C)c1nc2ccc(-c3ccc4[nH]ccc4c3)cc2c(=O)n1C[C@H]1CCCN(C(C)C)C1. The van der Waals surface area contributed by atoms with Crippen LogP contribution in [0.2, 0.25) is 0 Å². The first kappa shape index (κ1) is 21.9. The molecule has 1 atom stereocenters. The lowest BCUT2D eigenvalue weighted by Crippen LogP contribution is -2.42. The van der Waals surface area contributed by atoms with Gasteiger partial charge in [-0.2, -0.15) is 0 Å². The molecule has 0 radical (unpaired) electrons. The first-order valence-corrected chi connectivity index (χ1v) is 12.3. The standard InChI is InChI=1S/C28H34N4O/c1-18(2)27-30-26-10-8-22(21-7-9-25-23(14-21)11-12-29-25)15-24(26)28(33)32(27)17-20-6-5-13-31(16-20)19(3)4/h7-12,14-15,18-20,29H,5-6,13,16-17H2,1-4H3/t20-/m0/s1. The molecule has 5 rings (SSSR count). The van der Waals surface area contributed by atoms with Crippen molar-refractivity contribution >= 4 is 21.8 Å². The van der Waals surface area contributed by atoms with Gasteiger partial charge >= 0.3 is 0 Å². The van der Waals surface area contributed by atoms with Crippen molar-refractivity contribution in [1.82, 2.24) is 19.4 Å². The van der Waals surface area contributed by atoms with Crippen LogP contribution >= 0.6 is 0 Å². The Morgan fingerprint density at radius 3 is 2.64 bits per heavy atom. The molecule has 1 N–H and O–H groups in total. The summed E-state index contributed by atoms with van der Waals surface area (Å²) in [7, 11) is 0. The molecule has 0 saturated carbocycles. The first-order valence-electron chi connectivity index (χ1n) is 12.3. The Morgan fingerprint density at radius 2 is 1.85 bits per heavy atom. The van der Waals surface area contributed by atoms with Gasteiger partial charge in [-0.25, -0.2) is 4.98 Å². The molecule has 0 spiro atoms. The maximum Gasteiger partial charge on any atom is 0.261 e. The van der Waals surface area contributed by atoms with Gasteiger partial charge in [0, 0.05) is 36.8 Å². The molecule has 172 valence electrons. The van der Waals surface area contributed by atoms with E-state index in [4.69, 9.17) is 4.98 Å². The number of nitrogens with one attached hydrogen (secondary N) is 1. The summed E-state index contributed by atoms with van der Waals surface area (Å²) in [5, 5.41) is 1.88. The number of hydrogen-bond acceptors (Lipinski definition) is 3. The van der Waals surface area contributed by atoms with E-state index in [2.05, 4.69) is 67.9 Å². The van der Waals surface area contributed by atoms with Crippen LogP contribution in [0.5, 0.6) is 0 Å². The van der Waals surface area contributed by atoms with Crippen molar-refractivity contribution in [2.24, 2.45) is 5.92 Å². The zero-order valence-electron chi connectivity index (χ0n) is 20.1. The number of likely N-dealkylation sites (tertiary alicyclic amines) is 1. The van der Waals surface area contributed by atoms with Crippen LogP contribution in [-0.4, -0.2) is 38.6 Å². The highest BCUT2D eigenvalue weighted by molar-refractivity contribution is 5.88. The fourth-order valence-corrected chi connectivity index (χ4v) is 5.24. The quantitative estimate of drug-likeness (QED) is 0.426. The molecule has 0 unspecified atom stereocenters. The molecule has 1 fully saturated rings. The summed E-state index contributed by atoms with van der Waals surface area (Å²) in [5.74, 6) is 1.58. The summed E-state index contributed by atoms with van der Waals surface area (Å²) < 4.78 is 1.97. The minimum atomic E-state index is 0.0925. The fourth-order valence-electron chi connectivity index (χ4n) is 5.24. The van der Waals surface area contributed by atoms with Gasteiger partial charge < -0.3 is 9.88 Å². The molecule has 1 saturated heterocycles. The predicted octanol–water partition coefficient (Wildman–Crippen LogP) is 5.79. The molecule has 4 aromatic rings. The Hall–Kier alpha value is -2.92. The minimum absolute atomic E-state index is 0.0925. The predicted molar refractivity (Wildman–Crippen MR) is 137 cm³/mol. The van der Waals surface area contributed by atoms with Crippen LogP contribution < -0.4 is 5.56 Å². The van der Waals surface area contributed by atoms with E-state index in [-0.39, 0.29) is 11.5 Å². The van der Waals surface area contributed by atoms with Crippen LogP contribution in [0.15, 0.2) is 53.5 Å². The number of piperidine rings is 1. The number of benzene rings is 2. The molecule has 5 nitrogen and oxygen atoms in total. The largest absolute Gasteiger partial charge is 0.361 e. The van der Waals surface area contributed by atoms with Crippen molar-refractivity contribution in [3.05, 3.63) is 64.8 Å². The first-order chi connectivity index (χ1) is 15.9. The van der Waals surface area contributed by atoms with Crippen LogP contribution in [0.4, 0.5) is 0 Å². The van der Waals surface area contributed by atoms with Crippen molar-refractivity contribution in [1.29, 1.82) is 0 Å². The van der Waals surface area contributed by atoms with Gasteiger partial charge in [-0.15, -0.1) is 0 Å². The fraction of sp³-hybridized carbons (Fsp3) is 0.429. The van der Waals surface area contributed by atoms with Gasteiger partial charge in [0.05, 0.1) is 10.9 Å². The van der Waals surface area contributed by atoms with Crippen molar-refractivity contribution in [3.63, 3.8) is 0 Å².